The molecule has 56 valence electrons. The maximum atomic E-state index is 11.6. The molecule has 1 rings (SSSR count). The van der Waals surface area contributed by atoms with E-state index in [1.54, 1.807) is 0 Å². The zero-order valence-corrected chi connectivity index (χ0v) is 5.83. The number of hydrogen-bond donors (Lipinski definition) is 0. The zero-order valence-electron chi connectivity index (χ0n) is 5.02. The molecule has 0 N–H and O–H groups in total. The molecule has 1 saturated carbocycles. The quantitative estimate of drug-likeness (QED) is 0.529. The summed E-state index contributed by atoms with van der Waals surface area (Å²) in [6, 6.07) is -0.435. The summed E-state index contributed by atoms with van der Waals surface area (Å²) in [5.74, 6) is 0. The van der Waals surface area contributed by atoms with Crippen molar-refractivity contribution in [2.45, 2.75) is 31.7 Å². The smallest absolute Gasteiger partial charge is 0.0730 e. The van der Waals surface area contributed by atoms with Gasteiger partial charge in [0.15, 0.2) is 0 Å². The number of hydrogen-bond acceptors (Lipinski definition) is 1. The van der Waals surface area contributed by atoms with Crippen molar-refractivity contribution < 1.29 is 8.96 Å². The van der Waals surface area contributed by atoms with E-state index >= 15 is 0 Å². The monoisotopic (exact) mass is 157 g/mol. The van der Waals surface area contributed by atoms with Gasteiger partial charge in [-0.2, -0.15) is 0 Å². The highest BCUT2D eigenvalue weighted by Crippen LogP contribution is 2.23. The van der Waals surface area contributed by atoms with E-state index in [1.165, 1.54) is 0 Å². The van der Waals surface area contributed by atoms with Gasteiger partial charge in [-0.25, -0.2) is 0 Å². The fraction of sp³-hybridized carbons (Fsp3) is 1.00. The van der Waals surface area contributed by atoms with Crippen molar-refractivity contribution >= 4 is 12.4 Å². The van der Waals surface area contributed by atoms with Gasteiger partial charge in [-0.05, 0) is 12.8 Å². The van der Waals surface area contributed by atoms with Gasteiger partial charge in [0.05, 0.1) is 6.04 Å². The Morgan fingerprint density at radius 3 is 1.78 bits per heavy atom. The first-order valence-corrected chi connectivity index (χ1v) is 2.91. The second-order valence-electron chi connectivity index (χ2n) is 2.20. The van der Waals surface area contributed by atoms with E-state index in [2.05, 4.69) is 0 Å². The first-order valence-electron chi connectivity index (χ1n) is 2.91. The van der Waals surface area contributed by atoms with Crippen molar-refractivity contribution in [2.75, 3.05) is 0 Å². The first-order chi connectivity index (χ1) is 3.80. The van der Waals surface area contributed by atoms with Gasteiger partial charge in [-0.3, -0.25) is 0 Å². The molecule has 0 unspecified atom stereocenters. The van der Waals surface area contributed by atoms with Crippen molar-refractivity contribution in [1.82, 2.24) is 5.34 Å². The van der Waals surface area contributed by atoms with Gasteiger partial charge in [-0.1, -0.05) is 12.8 Å². The van der Waals surface area contributed by atoms with Gasteiger partial charge in [0.2, 0.25) is 0 Å². The normalized spacial score (nSPS) is 20.3. The summed E-state index contributed by atoms with van der Waals surface area (Å²) >= 11 is 0. The summed E-state index contributed by atoms with van der Waals surface area (Å²) in [5.41, 5.74) is 0. The molecule has 0 aromatic carbocycles. The van der Waals surface area contributed by atoms with Crippen molar-refractivity contribution in [3.05, 3.63) is 0 Å². The summed E-state index contributed by atoms with van der Waals surface area (Å²) in [4.78, 5) is 0. The molecule has 0 saturated heterocycles. The Kier molecular flexibility index (Phi) is 4.06. The Morgan fingerprint density at radius 1 is 1.11 bits per heavy atom. The summed E-state index contributed by atoms with van der Waals surface area (Å²) in [6.07, 6.45) is 3.28. The van der Waals surface area contributed by atoms with E-state index in [9.17, 15) is 8.96 Å². The molecule has 0 atom stereocenters. The van der Waals surface area contributed by atoms with Crippen LogP contribution in [0.5, 0.6) is 0 Å². The van der Waals surface area contributed by atoms with Crippen LogP contribution in [0.3, 0.4) is 0 Å². The molecule has 0 radical (unpaired) electrons. The van der Waals surface area contributed by atoms with Crippen molar-refractivity contribution in [1.29, 1.82) is 0 Å². The van der Waals surface area contributed by atoms with Crippen LogP contribution in [0, 0.1) is 0 Å². The van der Waals surface area contributed by atoms with E-state index in [0.29, 0.717) is 12.8 Å². The largest absolute Gasteiger partial charge is 0.147 e. The Labute approximate surface area is 59.3 Å². The summed E-state index contributed by atoms with van der Waals surface area (Å²) in [6.45, 7) is 0. The Morgan fingerprint density at radius 2 is 1.56 bits per heavy atom. The first kappa shape index (κ1) is 9.11. The van der Waals surface area contributed by atoms with E-state index in [0.717, 1.165) is 12.8 Å². The fourth-order valence-corrected chi connectivity index (χ4v) is 1.10. The highest BCUT2D eigenvalue weighted by Gasteiger charge is 2.21. The van der Waals surface area contributed by atoms with Gasteiger partial charge in [-0.15, -0.1) is 21.4 Å². The number of nitrogens with zero attached hydrogens (tertiary/aromatic N) is 1. The number of rotatable bonds is 1. The molecular weight excluding hydrogens is 148 g/mol. The van der Waals surface area contributed by atoms with Crippen molar-refractivity contribution in [3.8, 4) is 0 Å². The molecule has 0 aliphatic heterocycles. The molecular formula is C5H10ClF2N. The van der Waals surface area contributed by atoms with Crippen LogP contribution >= 0.6 is 12.4 Å². The van der Waals surface area contributed by atoms with Crippen LogP contribution in [-0.4, -0.2) is 11.4 Å². The highest BCUT2D eigenvalue weighted by molar-refractivity contribution is 5.85. The Hall–Kier alpha value is 0.110. The lowest BCUT2D eigenvalue weighted by atomic mass is 10.3. The van der Waals surface area contributed by atoms with E-state index in [-0.39, 0.29) is 12.4 Å². The van der Waals surface area contributed by atoms with E-state index < -0.39 is 11.4 Å². The van der Waals surface area contributed by atoms with Gasteiger partial charge in [0.1, 0.15) is 0 Å². The predicted octanol–water partition coefficient (Wildman–Crippen LogP) is 2.42. The molecule has 0 aromatic rings. The van der Waals surface area contributed by atoms with Crippen LogP contribution in [0.25, 0.3) is 0 Å². The van der Waals surface area contributed by atoms with Crippen LogP contribution in [-0.2, 0) is 0 Å². The molecule has 9 heavy (non-hydrogen) atoms. The van der Waals surface area contributed by atoms with Crippen molar-refractivity contribution in [2.24, 2.45) is 0 Å². The summed E-state index contributed by atoms with van der Waals surface area (Å²) < 4.78 is 23.1. The second-order valence-corrected chi connectivity index (χ2v) is 2.20. The van der Waals surface area contributed by atoms with E-state index in [1.807, 2.05) is 0 Å². The highest BCUT2D eigenvalue weighted by atomic mass is 35.5. The third-order valence-electron chi connectivity index (χ3n) is 1.60. The third kappa shape index (κ3) is 2.45. The number of halogens is 3. The minimum atomic E-state index is -0.660. The molecule has 1 nitrogen and oxygen atoms in total. The fourth-order valence-electron chi connectivity index (χ4n) is 1.10. The van der Waals surface area contributed by atoms with Crippen molar-refractivity contribution in [3.63, 3.8) is 0 Å². The molecule has 1 aliphatic carbocycles. The van der Waals surface area contributed by atoms with Crippen LogP contribution in [0.2, 0.25) is 0 Å². The Balaban J connectivity index is 0.000000640. The molecule has 1 fully saturated rings. The lowest BCUT2D eigenvalue weighted by molar-refractivity contribution is -0.185. The average Bonchev–Trinajstić information content (AvgIpc) is 2.12. The average molecular weight is 158 g/mol. The van der Waals surface area contributed by atoms with Gasteiger partial charge in [0.25, 0.3) is 0 Å². The molecule has 1 aliphatic rings. The van der Waals surface area contributed by atoms with E-state index in [4.69, 9.17) is 0 Å². The molecule has 0 spiro atoms. The molecule has 0 aromatic heterocycles. The topological polar surface area (TPSA) is 3.24 Å². The minimum Gasteiger partial charge on any atom is -0.147 e. The van der Waals surface area contributed by atoms with Gasteiger partial charge >= 0.3 is 0 Å². The molecule has 0 heterocycles. The second kappa shape index (κ2) is 4.01. The Bertz CT molecular complexity index is 73.4. The molecule has 4 heteroatoms. The molecule has 0 amide bonds. The third-order valence-corrected chi connectivity index (χ3v) is 1.60. The van der Waals surface area contributed by atoms with Crippen LogP contribution in [0.1, 0.15) is 25.7 Å². The summed E-state index contributed by atoms with van der Waals surface area (Å²) in [5, 5.41) is -0.660. The van der Waals surface area contributed by atoms with Gasteiger partial charge in [0, 0.05) is 5.34 Å². The maximum absolute atomic E-state index is 11.6. The van der Waals surface area contributed by atoms with Crippen LogP contribution in [0.15, 0.2) is 0 Å². The minimum absolute atomic E-state index is 0. The van der Waals surface area contributed by atoms with Gasteiger partial charge < -0.3 is 0 Å². The SMILES string of the molecule is Cl.FN(F)C1CCCC1. The standard InChI is InChI=1S/C5H9F2N.ClH/c6-8(7)5-3-1-2-4-5;/h5H,1-4H2;1H. The molecule has 0 bridgehead atoms. The zero-order chi connectivity index (χ0) is 5.98. The lowest BCUT2D eigenvalue weighted by Crippen LogP contribution is -2.15. The maximum Gasteiger partial charge on any atom is 0.0730 e. The van der Waals surface area contributed by atoms with Crippen LogP contribution in [0.4, 0.5) is 8.96 Å². The summed E-state index contributed by atoms with van der Waals surface area (Å²) in [7, 11) is 0. The lowest BCUT2D eigenvalue weighted by Gasteiger charge is -2.05. The van der Waals surface area contributed by atoms with Crippen LogP contribution < -0.4 is 0 Å². The predicted molar refractivity (Wildman–Crippen MR) is 33.6 cm³/mol.